The maximum absolute atomic E-state index is 9.94. The molecule has 0 saturated carbocycles. The van der Waals surface area contributed by atoms with Crippen molar-refractivity contribution in [3.63, 3.8) is 0 Å². The minimum atomic E-state index is -1.75. The van der Waals surface area contributed by atoms with E-state index in [2.05, 4.69) is 0 Å². The molecule has 2 rings (SSSR count). The first-order chi connectivity index (χ1) is 10.8. The van der Waals surface area contributed by atoms with Crippen LogP contribution in [0.1, 0.15) is 0 Å². The highest BCUT2D eigenvalue weighted by Gasteiger charge is 2.50. The van der Waals surface area contributed by atoms with E-state index in [0.717, 1.165) is 0 Å². The molecule has 11 nitrogen and oxygen atoms in total. The molecule has 0 aromatic rings. The third-order valence-electron chi connectivity index (χ3n) is 3.98. The second-order valence-corrected chi connectivity index (χ2v) is 5.53. The van der Waals surface area contributed by atoms with E-state index in [1.54, 1.807) is 0 Å². The van der Waals surface area contributed by atoms with Gasteiger partial charge in [-0.2, -0.15) is 0 Å². The molecular weight excluding hydrogens is 320 g/mol. The lowest BCUT2D eigenvalue weighted by atomic mass is 9.97. The van der Waals surface area contributed by atoms with Crippen LogP contribution in [0.5, 0.6) is 0 Å². The van der Waals surface area contributed by atoms with Gasteiger partial charge in [-0.25, -0.2) is 0 Å². The van der Waals surface area contributed by atoms with Gasteiger partial charge in [0.2, 0.25) is 0 Å². The summed E-state index contributed by atoms with van der Waals surface area (Å²) in [5.74, 6) is 0. The summed E-state index contributed by atoms with van der Waals surface area (Å²) in [6.45, 7) is -1.33. The molecule has 0 aliphatic carbocycles. The van der Waals surface area contributed by atoms with Crippen molar-refractivity contribution in [2.75, 3.05) is 13.2 Å². The van der Waals surface area contributed by atoms with E-state index in [9.17, 15) is 30.6 Å². The Morgan fingerprint density at radius 1 is 0.652 bits per heavy atom. The maximum Gasteiger partial charge on any atom is 0.187 e. The summed E-state index contributed by atoms with van der Waals surface area (Å²) < 4.78 is 15.1. The van der Waals surface area contributed by atoms with Crippen LogP contribution >= 0.6 is 0 Å². The average molecular weight is 342 g/mol. The first kappa shape index (κ1) is 18.9. The third-order valence-corrected chi connectivity index (χ3v) is 3.98. The standard InChI is InChI=1S/C12H22O11/c13-1-3-6(16)8(18)10(11(20)21-3)23-12-9(19)7(17)5(15)4(2-14)22-12/h3-20H,1-2H2/t3-,4-,5+,6+,7-,8-,9-,10-,11-,12+/m1/s1. The Morgan fingerprint density at radius 2 is 1.17 bits per heavy atom. The lowest BCUT2D eigenvalue weighted by Crippen LogP contribution is -2.64. The molecule has 2 fully saturated rings. The van der Waals surface area contributed by atoms with E-state index >= 15 is 0 Å². The van der Waals surface area contributed by atoms with Crippen molar-refractivity contribution in [1.29, 1.82) is 0 Å². The smallest absolute Gasteiger partial charge is 0.187 e. The second-order valence-electron chi connectivity index (χ2n) is 5.53. The summed E-state index contributed by atoms with van der Waals surface area (Å²) in [5.41, 5.74) is 0. The van der Waals surface area contributed by atoms with Crippen molar-refractivity contribution in [1.82, 2.24) is 0 Å². The Hall–Kier alpha value is -0.440. The van der Waals surface area contributed by atoms with Crippen molar-refractivity contribution < 1.29 is 55.1 Å². The van der Waals surface area contributed by atoms with E-state index in [-0.39, 0.29) is 0 Å². The zero-order valence-electron chi connectivity index (χ0n) is 12.0. The van der Waals surface area contributed by atoms with Crippen molar-refractivity contribution >= 4 is 0 Å². The summed E-state index contributed by atoms with van der Waals surface area (Å²) in [6.07, 6.45) is -15.6. The number of hydrogen-bond acceptors (Lipinski definition) is 11. The summed E-state index contributed by atoms with van der Waals surface area (Å²) in [6, 6.07) is 0. The summed E-state index contributed by atoms with van der Waals surface area (Å²) >= 11 is 0. The van der Waals surface area contributed by atoms with Crippen LogP contribution in [0.15, 0.2) is 0 Å². The van der Waals surface area contributed by atoms with Crippen molar-refractivity contribution in [3.8, 4) is 0 Å². The van der Waals surface area contributed by atoms with Gasteiger partial charge in [0.15, 0.2) is 12.6 Å². The van der Waals surface area contributed by atoms with Crippen LogP contribution in [-0.4, -0.2) is 115 Å². The van der Waals surface area contributed by atoms with E-state index < -0.39 is 74.6 Å². The predicted octanol–water partition coefficient (Wildman–Crippen LogP) is -5.40. The van der Waals surface area contributed by atoms with Gasteiger partial charge in [0.05, 0.1) is 13.2 Å². The highest BCUT2D eigenvalue weighted by atomic mass is 16.7. The number of aliphatic hydroxyl groups excluding tert-OH is 8. The normalized spacial score (nSPS) is 51.7. The fourth-order valence-corrected chi connectivity index (χ4v) is 2.55. The number of rotatable bonds is 4. The van der Waals surface area contributed by atoms with Crippen molar-refractivity contribution in [2.45, 2.75) is 61.4 Å². The van der Waals surface area contributed by atoms with E-state index in [1.807, 2.05) is 0 Å². The quantitative estimate of drug-likeness (QED) is 0.243. The maximum atomic E-state index is 9.94. The molecule has 0 radical (unpaired) electrons. The Kier molecular flexibility index (Phi) is 6.27. The molecule has 0 aromatic heterocycles. The lowest BCUT2D eigenvalue weighted by Gasteiger charge is -2.44. The highest BCUT2D eigenvalue weighted by molar-refractivity contribution is 4.93. The zero-order chi connectivity index (χ0) is 17.3. The molecule has 23 heavy (non-hydrogen) atoms. The Morgan fingerprint density at radius 3 is 1.74 bits per heavy atom. The van der Waals surface area contributed by atoms with E-state index in [1.165, 1.54) is 0 Å². The van der Waals surface area contributed by atoms with Crippen molar-refractivity contribution in [2.24, 2.45) is 0 Å². The third kappa shape index (κ3) is 3.65. The Labute approximate surface area is 130 Å². The fourth-order valence-electron chi connectivity index (χ4n) is 2.55. The summed E-state index contributed by atoms with van der Waals surface area (Å²) in [5, 5.41) is 76.7. The summed E-state index contributed by atoms with van der Waals surface area (Å²) in [7, 11) is 0. The van der Waals surface area contributed by atoms with Crippen LogP contribution in [0, 0.1) is 0 Å². The first-order valence-electron chi connectivity index (χ1n) is 7.08. The molecule has 2 saturated heterocycles. The van der Waals surface area contributed by atoms with Crippen LogP contribution < -0.4 is 0 Å². The van der Waals surface area contributed by atoms with Gasteiger partial charge in [0.25, 0.3) is 0 Å². The van der Waals surface area contributed by atoms with Gasteiger partial charge in [-0.05, 0) is 0 Å². The summed E-state index contributed by atoms with van der Waals surface area (Å²) in [4.78, 5) is 0. The Bertz CT molecular complexity index is 380. The van der Waals surface area contributed by atoms with Gasteiger partial charge in [-0.1, -0.05) is 0 Å². The number of hydrogen-bond donors (Lipinski definition) is 8. The SMILES string of the molecule is OC[C@H]1O[C@@H](O[C@@H]2[C@H](O)[C@@H](O)[C@@H](CO)O[C@H]2O)[C@H](O)[C@H](O)[C@H]1O. The first-order valence-corrected chi connectivity index (χ1v) is 7.08. The second kappa shape index (κ2) is 7.63. The average Bonchev–Trinajstić information content (AvgIpc) is 2.54. The van der Waals surface area contributed by atoms with Gasteiger partial charge in [0.1, 0.15) is 48.8 Å². The highest BCUT2D eigenvalue weighted by Crippen LogP contribution is 2.28. The number of ether oxygens (including phenoxy) is 3. The molecule has 136 valence electrons. The molecule has 2 heterocycles. The fraction of sp³-hybridized carbons (Fsp3) is 1.00. The predicted molar refractivity (Wildman–Crippen MR) is 68.6 cm³/mol. The molecule has 10 atom stereocenters. The minimum Gasteiger partial charge on any atom is -0.394 e. The monoisotopic (exact) mass is 342 g/mol. The molecule has 0 aromatic carbocycles. The van der Waals surface area contributed by atoms with Gasteiger partial charge >= 0.3 is 0 Å². The van der Waals surface area contributed by atoms with Gasteiger partial charge in [-0.3, -0.25) is 0 Å². The van der Waals surface area contributed by atoms with Crippen LogP contribution in [0.25, 0.3) is 0 Å². The minimum absolute atomic E-state index is 0.651. The molecule has 8 N–H and O–H groups in total. The van der Waals surface area contributed by atoms with Gasteiger partial charge in [-0.15, -0.1) is 0 Å². The Balaban J connectivity index is 2.08. The van der Waals surface area contributed by atoms with Crippen molar-refractivity contribution in [3.05, 3.63) is 0 Å². The largest absolute Gasteiger partial charge is 0.394 e. The molecule has 2 aliphatic heterocycles. The zero-order valence-corrected chi connectivity index (χ0v) is 12.0. The number of aliphatic hydroxyl groups is 8. The molecule has 2 aliphatic rings. The lowest BCUT2D eigenvalue weighted by molar-refractivity contribution is -0.361. The van der Waals surface area contributed by atoms with E-state index in [4.69, 9.17) is 24.4 Å². The van der Waals surface area contributed by atoms with Gasteiger partial charge in [0, 0.05) is 0 Å². The molecule has 0 spiro atoms. The van der Waals surface area contributed by atoms with Crippen LogP contribution in [0.3, 0.4) is 0 Å². The molecular formula is C12H22O11. The van der Waals surface area contributed by atoms with Crippen LogP contribution in [-0.2, 0) is 14.2 Å². The van der Waals surface area contributed by atoms with Gasteiger partial charge < -0.3 is 55.1 Å². The van der Waals surface area contributed by atoms with Crippen LogP contribution in [0.4, 0.5) is 0 Å². The molecule has 0 amide bonds. The molecule has 11 heteroatoms. The topological polar surface area (TPSA) is 190 Å². The molecule has 0 bridgehead atoms. The van der Waals surface area contributed by atoms with E-state index in [0.29, 0.717) is 0 Å². The van der Waals surface area contributed by atoms with Crippen LogP contribution in [0.2, 0.25) is 0 Å². The molecule has 0 unspecified atom stereocenters.